The lowest BCUT2D eigenvalue weighted by atomic mass is 10.1. The lowest BCUT2D eigenvalue weighted by molar-refractivity contribution is -0.118. The van der Waals surface area contributed by atoms with Crippen molar-refractivity contribution < 1.29 is 9.59 Å². The third kappa shape index (κ3) is 3.42. The summed E-state index contributed by atoms with van der Waals surface area (Å²) in [6, 6.07) is 7.02. The van der Waals surface area contributed by atoms with Gasteiger partial charge in [-0.3, -0.25) is 9.59 Å². The highest BCUT2D eigenvalue weighted by atomic mass is 16.1. The van der Waals surface area contributed by atoms with Gasteiger partial charge in [0.05, 0.1) is 6.54 Å². The van der Waals surface area contributed by atoms with Crippen molar-refractivity contribution in [1.82, 2.24) is 5.32 Å². The minimum absolute atomic E-state index is 0.0350. The molecule has 80 valence electrons. The molecule has 0 fully saturated rings. The minimum Gasteiger partial charge on any atom is -0.376 e. The van der Waals surface area contributed by atoms with Crippen molar-refractivity contribution in [3.8, 4) is 0 Å². The molecular weight excluding hydrogens is 192 g/mol. The molecule has 0 saturated carbocycles. The maximum absolute atomic E-state index is 11.0. The predicted molar refractivity (Wildman–Crippen MR) is 59.0 cm³/mol. The van der Waals surface area contributed by atoms with Crippen molar-refractivity contribution >= 4 is 17.4 Å². The first-order valence-corrected chi connectivity index (χ1v) is 4.69. The molecule has 2 N–H and O–H groups in total. The number of likely N-dealkylation sites (N-methyl/N-ethyl adjacent to an activating group) is 1. The summed E-state index contributed by atoms with van der Waals surface area (Å²) in [6.45, 7) is 1.75. The summed E-state index contributed by atoms with van der Waals surface area (Å²) >= 11 is 0. The molecule has 0 aliphatic heterocycles. The topological polar surface area (TPSA) is 58.2 Å². The first-order valence-electron chi connectivity index (χ1n) is 4.69. The third-order valence-electron chi connectivity index (χ3n) is 2.02. The van der Waals surface area contributed by atoms with Crippen LogP contribution in [0, 0.1) is 0 Å². The summed E-state index contributed by atoms with van der Waals surface area (Å²) in [5, 5.41) is 5.45. The number of amides is 1. The maximum Gasteiger partial charge on any atom is 0.239 e. The number of ketones is 1. The normalized spacial score (nSPS) is 9.47. The van der Waals surface area contributed by atoms with Crippen molar-refractivity contribution in [1.29, 1.82) is 0 Å². The van der Waals surface area contributed by atoms with Gasteiger partial charge in [0.1, 0.15) is 0 Å². The standard InChI is InChI=1S/C11H14N2O2/c1-8(14)9-3-5-10(6-4-9)13-7-11(15)12-2/h3-6,13H,7H2,1-2H3,(H,12,15). The van der Waals surface area contributed by atoms with Gasteiger partial charge in [0.15, 0.2) is 5.78 Å². The zero-order valence-corrected chi connectivity index (χ0v) is 8.83. The van der Waals surface area contributed by atoms with E-state index in [2.05, 4.69) is 10.6 Å². The largest absolute Gasteiger partial charge is 0.376 e. The summed E-state index contributed by atoms with van der Waals surface area (Å²) in [4.78, 5) is 21.9. The van der Waals surface area contributed by atoms with Crippen LogP contribution in [0.5, 0.6) is 0 Å². The van der Waals surface area contributed by atoms with Crippen LogP contribution in [-0.2, 0) is 4.79 Å². The molecule has 0 aromatic heterocycles. The lowest BCUT2D eigenvalue weighted by Crippen LogP contribution is -2.26. The fourth-order valence-electron chi connectivity index (χ4n) is 1.09. The van der Waals surface area contributed by atoms with Gasteiger partial charge in [-0.2, -0.15) is 0 Å². The molecule has 15 heavy (non-hydrogen) atoms. The van der Waals surface area contributed by atoms with Gasteiger partial charge in [0.25, 0.3) is 0 Å². The third-order valence-corrected chi connectivity index (χ3v) is 2.02. The van der Waals surface area contributed by atoms with Gasteiger partial charge in [-0.15, -0.1) is 0 Å². The van der Waals surface area contributed by atoms with Crippen molar-refractivity contribution in [3.63, 3.8) is 0 Å². The van der Waals surface area contributed by atoms with Crippen LogP contribution in [0.25, 0.3) is 0 Å². The molecule has 0 radical (unpaired) electrons. The smallest absolute Gasteiger partial charge is 0.239 e. The molecule has 4 heteroatoms. The first kappa shape index (κ1) is 11.2. The first-order chi connectivity index (χ1) is 7.13. The molecule has 1 amide bonds. The molecule has 0 bridgehead atoms. The highest BCUT2D eigenvalue weighted by Crippen LogP contribution is 2.09. The average molecular weight is 206 g/mol. The molecule has 0 aliphatic carbocycles. The molecule has 0 aliphatic rings. The average Bonchev–Trinajstić information content (AvgIpc) is 2.26. The van der Waals surface area contributed by atoms with E-state index in [0.717, 1.165) is 5.69 Å². The molecule has 0 unspecified atom stereocenters. The van der Waals surface area contributed by atoms with Crippen molar-refractivity contribution in [2.45, 2.75) is 6.92 Å². The van der Waals surface area contributed by atoms with Crippen LogP contribution in [0.3, 0.4) is 0 Å². The molecule has 1 aromatic carbocycles. The molecule has 0 spiro atoms. The van der Waals surface area contributed by atoms with Gasteiger partial charge in [0.2, 0.25) is 5.91 Å². The molecule has 0 atom stereocenters. The predicted octanol–water partition coefficient (Wildman–Crippen LogP) is 1.05. The summed E-state index contributed by atoms with van der Waals surface area (Å²) in [7, 11) is 1.59. The fraction of sp³-hybridized carbons (Fsp3) is 0.273. The minimum atomic E-state index is -0.0781. The SMILES string of the molecule is CNC(=O)CNc1ccc(C(C)=O)cc1. The van der Waals surface area contributed by atoms with Crippen LogP contribution < -0.4 is 10.6 Å². The van der Waals surface area contributed by atoms with Crippen LogP contribution in [0.2, 0.25) is 0 Å². The number of carbonyl (C=O) groups is 2. The van der Waals surface area contributed by atoms with Gasteiger partial charge in [-0.25, -0.2) is 0 Å². The summed E-state index contributed by atoms with van der Waals surface area (Å²) in [5.74, 6) is -0.0431. The van der Waals surface area contributed by atoms with E-state index in [1.54, 1.807) is 31.3 Å². The Balaban J connectivity index is 2.57. The Morgan fingerprint density at radius 1 is 1.20 bits per heavy atom. The maximum atomic E-state index is 11.0. The Bertz CT molecular complexity index is 357. The number of anilines is 1. The van der Waals surface area contributed by atoms with Crippen LogP contribution in [0.15, 0.2) is 24.3 Å². The monoisotopic (exact) mass is 206 g/mol. The van der Waals surface area contributed by atoms with E-state index >= 15 is 0 Å². The molecule has 1 rings (SSSR count). The number of carbonyl (C=O) groups excluding carboxylic acids is 2. The zero-order chi connectivity index (χ0) is 11.3. The van der Waals surface area contributed by atoms with E-state index in [1.165, 1.54) is 6.92 Å². The van der Waals surface area contributed by atoms with Crippen LogP contribution in [0.4, 0.5) is 5.69 Å². The Hall–Kier alpha value is -1.84. The Labute approximate surface area is 88.7 Å². The van der Waals surface area contributed by atoms with Crippen molar-refractivity contribution in [2.24, 2.45) is 0 Å². The van der Waals surface area contributed by atoms with E-state index in [4.69, 9.17) is 0 Å². The molecule has 0 saturated heterocycles. The number of rotatable bonds is 4. The van der Waals surface area contributed by atoms with Gasteiger partial charge in [0, 0.05) is 18.3 Å². The van der Waals surface area contributed by atoms with Crippen molar-refractivity contribution in [3.05, 3.63) is 29.8 Å². The number of hydrogen-bond donors (Lipinski definition) is 2. The molecule has 1 aromatic rings. The summed E-state index contributed by atoms with van der Waals surface area (Å²) in [6.07, 6.45) is 0. The quantitative estimate of drug-likeness (QED) is 0.724. The van der Waals surface area contributed by atoms with E-state index in [-0.39, 0.29) is 18.2 Å². The number of nitrogens with one attached hydrogen (secondary N) is 2. The summed E-state index contributed by atoms with van der Waals surface area (Å²) < 4.78 is 0. The van der Waals surface area contributed by atoms with Crippen molar-refractivity contribution in [2.75, 3.05) is 18.9 Å². The fourth-order valence-corrected chi connectivity index (χ4v) is 1.09. The Morgan fingerprint density at radius 3 is 2.27 bits per heavy atom. The lowest BCUT2D eigenvalue weighted by Gasteiger charge is -2.05. The van der Waals surface area contributed by atoms with Gasteiger partial charge >= 0.3 is 0 Å². The van der Waals surface area contributed by atoms with E-state index in [0.29, 0.717) is 5.56 Å². The van der Waals surface area contributed by atoms with Crippen LogP contribution in [-0.4, -0.2) is 25.3 Å². The number of Topliss-reactive ketones (excluding diaryl/α,β-unsaturated/α-hetero) is 1. The second-order valence-electron chi connectivity index (χ2n) is 3.16. The van der Waals surface area contributed by atoms with Gasteiger partial charge in [-0.05, 0) is 31.2 Å². The van der Waals surface area contributed by atoms with Gasteiger partial charge < -0.3 is 10.6 Å². The zero-order valence-electron chi connectivity index (χ0n) is 8.83. The second kappa shape index (κ2) is 5.14. The molecule has 4 nitrogen and oxygen atoms in total. The molecular formula is C11H14N2O2. The van der Waals surface area contributed by atoms with Crippen LogP contribution >= 0.6 is 0 Å². The number of hydrogen-bond acceptors (Lipinski definition) is 3. The van der Waals surface area contributed by atoms with Crippen LogP contribution in [0.1, 0.15) is 17.3 Å². The molecule has 0 heterocycles. The highest BCUT2D eigenvalue weighted by Gasteiger charge is 2.00. The van der Waals surface area contributed by atoms with Gasteiger partial charge in [-0.1, -0.05) is 0 Å². The Kier molecular flexibility index (Phi) is 3.85. The van der Waals surface area contributed by atoms with E-state index < -0.39 is 0 Å². The van der Waals surface area contributed by atoms with E-state index in [1.807, 2.05) is 0 Å². The van der Waals surface area contributed by atoms with E-state index in [9.17, 15) is 9.59 Å². The summed E-state index contributed by atoms with van der Waals surface area (Å²) in [5.41, 5.74) is 1.49. The number of benzene rings is 1. The highest BCUT2D eigenvalue weighted by molar-refractivity contribution is 5.94. The second-order valence-corrected chi connectivity index (χ2v) is 3.16. The Morgan fingerprint density at radius 2 is 1.80 bits per heavy atom.